The Kier molecular flexibility index (Phi) is 4.09. The van der Waals surface area contributed by atoms with Crippen LogP contribution in [0.2, 0.25) is 0 Å². The summed E-state index contributed by atoms with van der Waals surface area (Å²) in [5.41, 5.74) is 0.631. The molecule has 1 aliphatic carbocycles. The molecule has 1 fully saturated rings. The molecule has 4 heteroatoms. The second-order valence-corrected chi connectivity index (χ2v) is 7.63. The fraction of sp³-hybridized carbons (Fsp3) is 0.533. The molecule has 1 aliphatic rings. The van der Waals surface area contributed by atoms with Gasteiger partial charge in [0.1, 0.15) is 0 Å². The zero-order valence-corrected chi connectivity index (χ0v) is 12.2. The fourth-order valence-electron chi connectivity index (χ4n) is 2.62. The largest absolute Gasteiger partial charge is 0.294 e. The molecule has 19 heavy (non-hydrogen) atoms. The van der Waals surface area contributed by atoms with Gasteiger partial charge in [0, 0.05) is 17.7 Å². The van der Waals surface area contributed by atoms with E-state index in [1.54, 1.807) is 12.1 Å². The third-order valence-electron chi connectivity index (χ3n) is 3.95. The van der Waals surface area contributed by atoms with Crippen LogP contribution in [-0.2, 0) is 9.84 Å². The summed E-state index contributed by atoms with van der Waals surface area (Å²) in [5, 5.41) is 0. The zero-order valence-electron chi connectivity index (χ0n) is 11.4. The summed E-state index contributed by atoms with van der Waals surface area (Å²) in [4.78, 5) is 12.6. The van der Waals surface area contributed by atoms with E-state index in [1.165, 1.54) is 18.4 Å². The van der Waals surface area contributed by atoms with Crippen LogP contribution >= 0.6 is 0 Å². The minimum atomic E-state index is -3.19. The maximum Gasteiger partial charge on any atom is 0.175 e. The third kappa shape index (κ3) is 3.44. The topological polar surface area (TPSA) is 51.2 Å². The molecule has 0 radical (unpaired) electrons. The zero-order chi connectivity index (χ0) is 14.0. The van der Waals surface area contributed by atoms with Crippen molar-refractivity contribution in [2.24, 2.45) is 11.8 Å². The molecule has 104 valence electrons. The Hall–Kier alpha value is -1.16. The minimum Gasteiger partial charge on any atom is -0.294 e. The number of carbonyl (C=O) groups is 1. The first kappa shape index (κ1) is 14.3. The maximum absolute atomic E-state index is 12.3. The van der Waals surface area contributed by atoms with Crippen molar-refractivity contribution in [1.29, 1.82) is 0 Å². The SMILES string of the molecule is CC1CCC(C(=O)c2ccc(S(C)(=O)=O)cc2)CC1. The predicted molar refractivity (Wildman–Crippen MR) is 75.0 cm³/mol. The highest BCUT2D eigenvalue weighted by Gasteiger charge is 2.25. The van der Waals surface area contributed by atoms with Crippen LogP contribution in [-0.4, -0.2) is 20.5 Å². The van der Waals surface area contributed by atoms with Gasteiger partial charge in [-0.15, -0.1) is 0 Å². The van der Waals surface area contributed by atoms with Gasteiger partial charge in [0.05, 0.1) is 4.90 Å². The van der Waals surface area contributed by atoms with Crippen molar-refractivity contribution in [3.8, 4) is 0 Å². The van der Waals surface area contributed by atoms with E-state index in [4.69, 9.17) is 0 Å². The van der Waals surface area contributed by atoms with E-state index < -0.39 is 9.84 Å². The van der Waals surface area contributed by atoms with Crippen molar-refractivity contribution in [2.45, 2.75) is 37.5 Å². The van der Waals surface area contributed by atoms with Crippen molar-refractivity contribution in [1.82, 2.24) is 0 Å². The van der Waals surface area contributed by atoms with Gasteiger partial charge >= 0.3 is 0 Å². The highest BCUT2D eigenvalue weighted by Crippen LogP contribution is 2.30. The van der Waals surface area contributed by atoms with E-state index >= 15 is 0 Å². The van der Waals surface area contributed by atoms with E-state index in [2.05, 4.69) is 6.92 Å². The molecule has 0 aromatic heterocycles. The van der Waals surface area contributed by atoms with E-state index in [0.29, 0.717) is 5.56 Å². The number of Topliss-reactive ketones (excluding diaryl/α,β-unsaturated/α-hetero) is 1. The molecule has 0 heterocycles. The summed E-state index contributed by atoms with van der Waals surface area (Å²) in [6, 6.07) is 6.32. The molecule has 1 aromatic carbocycles. The van der Waals surface area contributed by atoms with Gasteiger partial charge in [0.2, 0.25) is 0 Å². The number of hydrogen-bond acceptors (Lipinski definition) is 3. The van der Waals surface area contributed by atoms with Gasteiger partial charge in [-0.1, -0.05) is 31.9 Å². The summed E-state index contributed by atoms with van der Waals surface area (Å²) in [7, 11) is -3.19. The van der Waals surface area contributed by atoms with Crippen LogP contribution in [0, 0.1) is 11.8 Å². The molecule has 0 saturated heterocycles. The van der Waals surface area contributed by atoms with Crippen LogP contribution in [0.1, 0.15) is 43.0 Å². The van der Waals surface area contributed by atoms with Crippen LogP contribution in [0.15, 0.2) is 29.2 Å². The van der Waals surface area contributed by atoms with Gasteiger partial charge < -0.3 is 0 Å². The average molecular weight is 280 g/mol. The van der Waals surface area contributed by atoms with Crippen LogP contribution in [0.3, 0.4) is 0 Å². The average Bonchev–Trinajstić information content (AvgIpc) is 2.38. The number of benzene rings is 1. The smallest absolute Gasteiger partial charge is 0.175 e. The van der Waals surface area contributed by atoms with Crippen molar-refractivity contribution in [2.75, 3.05) is 6.26 Å². The lowest BCUT2D eigenvalue weighted by Crippen LogP contribution is -2.21. The molecule has 2 rings (SSSR count). The van der Waals surface area contributed by atoms with Crippen LogP contribution in [0.5, 0.6) is 0 Å². The van der Waals surface area contributed by atoms with Gasteiger partial charge in [-0.05, 0) is 30.9 Å². The third-order valence-corrected chi connectivity index (χ3v) is 5.08. The summed E-state index contributed by atoms with van der Waals surface area (Å²) in [6.07, 6.45) is 5.30. The number of ketones is 1. The molecular weight excluding hydrogens is 260 g/mol. The van der Waals surface area contributed by atoms with Crippen LogP contribution in [0.4, 0.5) is 0 Å². The lowest BCUT2D eigenvalue weighted by Gasteiger charge is -2.25. The van der Waals surface area contributed by atoms with Crippen molar-refractivity contribution in [3.05, 3.63) is 29.8 Å². The number of carbonyl (C=O) groups excluding carboxylic acids is 1. The Morgan fingerprint density at radius 3 is 2.05 bits per heavy atom. The Morgan fingerprint density at radius 2 is 1.58 bits per heavy atom. The lowest BCUT2D eigenvalue weighted by atomic mass is 9.79. The van der Waals surface area contributed by atoms with Crippen molar-refractivity contribution >= 4 is 15.6 Å². The molecule has 0 amide bonds. The molecule has 0 unspecified atom stereocenters. The Bertz CT molecular complexity index is 550. The summed E-state index contributed by atoms with van der Waals surface area (Å²) in [5.74, 6) is 0.990. The Morgan fingerprint density at radius 1 is 1.05 bits per heavy atom. The maximum atomic E-state index is 12.3. The normalized spacial score (nSPS) is 24.1. The quantitative estimate of drug-likeness (QED) is 0.799. The Labute approximate surface area is 114 Å². The molecule has 0 N–H and O–H groups in total. The van der Waals surface area contributed by atoms with Gasteiger partial charge in [-0.25, -0.2) is 8.42 Å². The van der Waals surface area contributed by atoms with Gasteiger partial charge in [0.15, 0.2) is 15.6 Å². The number of hydrogen-bond donors (Lipinski definition) is 0. The van der Waals surface area contributed by atoms with E-state index in [-0.39, 0.29) is 16.6 Å². The predicted octanol–water partition coefficient (Wildman–Crippen LogP) is 3.10. The standard InChI is InChI=1S/C15H20O3S/c1-11-3-5-12(6-4-11)15(16)13-7-9-14(10-8-13)19(2,17)18/h7-12H,3-6H2,1-2H3. The first-order valence-electron chi connectivity index (χ1n) is 6.72. The summed E-state index contributed by atoms with van der Waals surface area (Å²) < 4.78 is 22.7. The molecule has 0 spiro atoms. The Balaban J connectivity index is 2.12. The fourth-order valence-corrected chi connectivity index (χ4v) is 3.25. The summed E-state index contributed by atoms with van der Waals surface area (Å²) >= 11 is 0. The van der Waals surface area contributed by atoms with Crippen molar-refractivity contribution < 1.29 is 13.2 Å². The monoisotopic (exact) mass is 280 g/mol. The van der Waals surface area contributed by atoms with Gasteiger partial charge in [-0.2, -0.15) is 0 Å². The molecule has 0 atom stereocenters. The molecule has 0 aliphatic heterocycles. The second kappa shape index (κ2) is 5.45. The van der Waals surface area contributed by atoms with E-state index in [9.17, 15) is 13.2 Å². The highest BCUT2D eigenvalue weighted by molar-refractivity contribution is 7.90. The van der Waals surface area contributed by atoms with Gasteiger partial charge in [-0.3, -0.25) is 4.79 Å². The van der Waals surface area contributed by atoms with Crippen LogP contribution in [0.25, 0.3) is 0 Å². The molecular formula is C15H20O3S. The minimum absolute atomic E-state index is 0.111. The van der Waals surface area contributed by atoms with Crippen LogP contribution < -0.4 is 0 Å². The number of sulfone groups is 1. The van der Waals surface area contributed by atoms with Gasteiger partial charge in [0.25, 0.3) is 0 Å². The second-order valence-electron chi connectivity index (χ2n) is 5.62. The number of rotatable bonds is 3. The molecule has 0 bridgehead atoms. The molecule has 3 nitrogen and oxygen atoms in total. The first-order chi connectivity index (χ1) is 8.88. The first-order valence-corrected chi connectivity index (χ1v) is 8.61. The highest BCUT2D eigenvalue weighted by atomic mass is 32.2. The molecule has 1 aromatic rings. The van der Waals surface area contributed by atoms with E-state index in [1.807, 2.05) is 0 Å². The van der Waals surface area contributed by atoms with Crippen molar-refractivity contribution in [3.63, 3.8) is 0 Å². The lowest BCUT2D eigenvalue weighted by molar-refractivity contribution is 0.0875. The van der Waals surface area contributed by atoms with E-state index in [0.717, 1.165) is 31.6 Å². The molecule has 1 saturated carbocycles. The summed E-state index contributed by atoms with van der Waals surface area (Å²) in [6.45, 7) is 2.22.